The number of nitrogens with one attached hydrogen (secondary N) is 2. The number of hydrogen-bond donors (Lipinski definition) is 2. The molecule has 0 atom stereocenters. The van der Waals surface area contributed by atoms with Crippen LogP contribution in [0, 0.1) is 0 Å². The van der Waals surface area contributed by atoms with Gasteiger partial charge in [-0.05, 0) is 48.0 Å². The van der Waals surface area contributed by atoms with Crippen LogP contribution >= 0.6 is 0 Å². The number of ether oxygens (including phenoxy) is 3. The average molecular weight is 380 g/mol. The van der Waals surface area contributed by atoms with Crippen LogP contribution in [0.1, 0.15) is 15.9 Å². The van der Waals surface area contributed by atoms with Gasteiger partial charge in [-0.25, -0.2) is 0 Å². The van der Waals surface area contributed by atoms with E-state index < -0.39 is 11.8 Å². The molecule has 0 unspecified atom stereocenters. The van der Waals surface area contributed by atoms with Crippen LogP contribution in [-0.4, -0.2) is 32.3 Å². The number of rotatable bonds is 7. The molecule has 2 N–H and O–H groups in total. The summed E-state index contributed by atoms with van der Waals surface area (Å²) >= 11 is 0. The molecule has 1 heterocycles. The molecular weight excluding hydrogens is 360 g/mol. The molecule has 2 amide bonds. The van der Waals surface area contributed by atoms with Crippen LogP contribution in [0.3, 0.4) is 0 Å². The summed E-state index contributed by atoms with van der Waals surface area (Å²) in [6.45, 7) is 4.01. The van der Waals surface area contributed by atoms with Gasteiger partial charge in [0.25, 0.3) is 11.8 Å². The van der Waals surface area contributed by atoms with E-state index in [0.29, 0.717) is 28.4 Å². The Morgan fingerprint density at radius 2 is 1.89 bits per heavy atom. The Kier molecular flexibility index (Phi) is 5.96. The molecule has 0 saturated carbocycles. The molecule has 0 aliphatic carbocycles. The van der Waals surface area contributed by atoms with Crippen molar-refractivity contribution in [3.05, 3.63) is 71.9 Å². The molecule has 7 nitrogen and oxygen atoms in total. The van der Waals surface area contributed by atoms with Crippen molar-refractivity contribution in [2.75, 3.05) is 20.4 Å². The highest BCUT2D eigenvalue weighted by Gasteiger charge is 2.16. The van der Waals surface area contributed by atoms with E-state index in [9.17, 15) is 9.59 Å². The third-order valence-corrected chi connectivity index (χ3v) is 3.96. The predicted molar refractivity (Wildman–Crippen MR) is 104 cm³/mol. The number of carbonyl (C=O) groups is 2. The van der Waals surface area contributed by atoms with Crippen molar-refractivity contribution in [3.8, 4) is 17.2 Å². The van der Waals surface area contributed by atoms with Gasteiger partial charge in [-0.3, -0.25) is 9.59 Å². The second-order valence-corrected chi connectivity index (χ2v) is 5.85. The molecule has 144 valence electrons. The van der Waals surface area contributed by atoms with Gasteiger partial charge in [0.2, 0.25) is 6.79 Å². The summed E-state index contributed by atoms with van der Waals surface area (Å²) in [5, 5.41) is 5.32. The maximum Gasteiger partial charge on any atom is 0.268 e. The second-order valence-electron chi connectivity index (χ2n) is 5.85. The normalized spacial score (nSPS) is 12.2. The van der Waals surface area contributed by atoms with Gasteiger partial charge in [-0.2, -0.15) is 0 Å². The van der Waals surface area contributed by atoms with E-state index in [-0.39, 0.29) is 19.0 Å². The lowest BCUT2D eigenvalue weighted by molar-refractivity contribution is -0.117. The molecule has 2 aromatic rings. The number of fused-ring (bicyclic) bond motifs is 1. The Hall–Kier alpha value is -3.74. The van der Waals surface area contributed by atoms with Gasteiger partial charge in [-0.1, -0.05) is 12.1 Å². The first-order chi connectivity index (χ1) is 13.6. The molecule has 28 heavy (non-hydrogen) atoms. The SMILES string of the molecule is C=CCNC(=O)C(=Cc1ccc2c(c1)OCO2)NC(=O)c1ccc(OC)cc1. The smallest absolute Gasteiger partial charge is 0.268 e. The highest BCUT2D eigenvalue weighted by molar-refractivity contribution is 6.05. The molecule has 0 fully saturated rings. The summed E-state index contributed by atoms with van der Waals surface area (Å²) in [5.74, 6) is 1.01. The van der Waals surface area contributed by atoms with Gasteiger partial charge in [-0.15, -0.1) is 6.58 Å². The van der Waals surface area contributed by atoms with Crippen LogP contribution in [0.15, 0.2) is 60.8 Å². The largest absolute Gasteiger partial charge is 0.497 e. The van der Waals surface area contributed by atoms with Crippen molar-refractivity contribution in [1.29, 1.82) is 0 Å². The van der Waals surface area contributed by atoms with Gasteiger partial charge >= 0.3 is 0 Å². The molecule has 7 heteroatoms. The van der Waals surface area contributed by atoms with Crippen molar-refractivity contribution in [1.82, 2.24) is 10.6 Å². The number of carbonyl (C=O) groups excluding carboxylic acids is 2. The second kappa shape index (κ2) is 8.77. The summed E-state index contributed by atoms with van der Waals surface area (Å²) in [6.07, 6.45) is 3.13. The van der Waals surface area contributed by atoms with Crippen LogP contribution < -0.4 is 24.8 Å². The number of hydrogen-bond acceptors (Lipinski definition) is 5. The summed E-state index contributed by atoms with van der Waals surface area (Å²) in [6, 6.07) is 11.8. The van der Waals surface area contributed by atoms with E-state index in [2.05, 4.69) is 17.2 Å². The fourth-order valence-corrected chi connectivity index (χ4v) is 2.52. The fourth-order valence-electron chi connectivity index (χ4n) is 2.52. The fraction of sp³-hybridized carbons (Fsp3) is 0.143. The Balaban J connectivity index is 1.84. The molecule has 1 aliphatic heterocycles. The first kappa shape index (κ1) is 19.0. The van der Waals surface area contributed by atoms with Crippen molar-refractivity contribution in [2.45, 2.75) is 0 Å². The van der Waals surface area contributed by atoms with Crippen LogP contribution in [0.5, 0.6) is 17.2 Å². The van der Waals surface area contributed by atoms with Gasteiger partial charge in [0.1, 0.15) is 11.4 Å². The number of methoxy groups -OCH3 is 1. The Labute approximate surface area is 162 Å². The van der Waals surface area contributed by atoms with Gasteiger partial charge in [0.15, 0.2) is 11.5 Å². The maximum absolute atomic E-state index is 12.6. The Morgan fingerprint density at radius 3 is 2.61 bits per heavy atom. The summed E-state index contributed by atoms with van der Waals surface area (Å²) in [5.41, 5.74) is 1.18. The van der Waals surface area contributed by atoms with Crippen molar-refractivity contribution in [3.63, 3.8) is 0 Å². The molecular formula is C21H20N2O5. The zero-order valence-electron chi connectivity index (χ0n) is 15.4. The van der Waals surface area contributed by atoms with Crippen LogP contribution in [0.4, 0.5) is 0 Å². The Bertz CT molecular complexity index is 919. The van der Waals surface area contributed by atoms with Crippen molar-refractivity contribution >= 4 is 17.9 Å². The van der Waals surface area contributed by atoms with E-state index >= 15 is 0 Å². The minimum absolute atomic E-state index is 0.0986. The zero-order chi connectivity index (χ0) is 19.9. The first-order valence-electron chi connectivity index (χ1n) is 8.56. The lowest BCUT2D eigenvalue weighted by Gasteiger charge is -2.11. The summed E-state index contributed by atoms with van der Waals surface area (Å²) in [7, 11) is 1.55. The quantitative estimate of drug-likeness (QED) is 0.569. The van der Waals surface area contributed by atoms with E-state index in [4.69, 9.17) is 14.2 Å². The van der Waals surface area contributed by atoms with Gasteiger partial charge < -0.3 is 24.8 Å². The predicted octanol–water partition coefficient (Wildman–Crippen LogP) is 2.50. The maximum atomic E-state index is 12.6. The Morgan fingerprint density at radius 1 is 1.14 bits per heavy atom. The van der Waals surface area contributed by atoms with E-state index in [1.54, 1.807) is 61.7 Å². The molecule has 3 rings (SSSR count). The minimum atomic E-state index is -0.431. The van der Waals surface area contributed by atoms with Crippen molar-refractivity contribution < 1.29 is 23.8 Å². The van der Waals surface area contributed by atoms with Crippen LogP contribution in [-0.2, 0) is 4.79 Å². The average Bonchev–Trinajstić information content (AvgIpc) is 3.19. The highest BCUT2D eigenvalue weighted by atomic mass is 16.7. The summed E-state index contributed by atoms with van der Waals surface area (Å²) in [4.78, 5) is 25.1. The van der Waals surface area contributed by atoms with E-state index in [1.807, 2.05) is 0 Å². The molecule has 0 aromatic heterocycles. The monoisotopic (exact) mass is 380 g/mol. The number of amides is 2. The third kappa shape index (κ3) is 4.50. The standard InChI is InChI=1S/C21H20N2O5/c1-3-10-22-21(25)17(11-14-4-9-18-19(12-14)28-13-27-18)23-20(24)15-5-7-16(26-2)8-6-15/h3-9,11-12H,1,10,13H2,2H3,(H,22,25)(H,23,24). The van der Waals surface area contributed by atoms with Crippen LogP contribution in [0.25, 0.3) is 6.08 Å². The van der Waals surface area contributed by atoms with Crippen molar-refractivity contribution in [2.24, 2.45) is 0 Å². The molecule has 0 bridgehead atoms. The molecule has 0 spiro atoms. The lowest BCUT2D eigenvalue weighted by atomic mass is 10.1. The number of benzene rings is 2. The molecule has 0 radical (unpaired) electrons. The molecule has 1 aliphatic rings. The zero-order valence-corrected chi connectivity index (χ0v) is 15.4. The van der Waals surface area contributed by atoms with Gasteiger partial charge in [0.05, 0.1) is 7.11 Å². The summed E-state index contributed by atoms with van der Waals surface area (Å²) < 4.78 is 15.7. The molecule has 2 aromatic carbocycles. The molecule has 0 saturated heterocycles. The highest BCUT2D eigenvalue weighted by Crippen LogP contribution is 2.33. The van der Waals surface area contributed by atoms with E-state index in [1.165, 1.54) is 0 Å². The lowest BCUT2D eigenvalue weighted by Crippen LogP contribution is -2.34. The third-order valence-electron chi connectivity index (χ3n) is 3.96. The first-order valence-corrected chi connectivity index (χ1v) is 8.56. The van der Waals surface area contributed by atoms with E-state index in [0.717, 1.165) is 0 Å². The minimum Gasteiger partial charge on any atom is -0.497 e. The van der Waals surface area contributed by atoms with Crippen LogP contribution in [0.2, 0.25) is 0 Å². The van der Waals surface area contributed by atoms with Gasteiger partial charge in [0, 0.05) is 12.1 Å². The topological polar surface area (TPSA) is 85.9 Å².